The van der Waals surface area contributed by atoms with Gasteiger partial charge >= 0.3 is 0 Å². The lowest BCUT2D eigenvalue weighted by Crippen LogP contribution is -2.32. The molecule has 0 heterocycles. The zero-order valence-electron chi connectivity index (χ0n) is 14.5. The molecular formula is C16H32N2O2. The van der Waals surface area contributed by atoms with Crippen LogP contribution in [-0.2, 0) is 9.53 Å². The van der Waals surface area contributed by atoms with Crippen molar-refractivity contribution in [1.82, 2.24) is 4.90 Å². The van der Waals surface area contributed by atoms with E-state index in [0.717, 1.165) is 12.3 Å². The van der Waals surface area contributed by atoms with E-state index in [1.54, 1.807) is 7.11 Å². The molecule has 0 aliphatic rings. The van der Waals surface area contributed by atoms with Crippen LogP contribution in [0, 0.1) is 11.3 Å². The third kappa shape index (κ3) is 7.15. The van der Waals surface area contributed by atoms with Crippen LogP contribution >= 0.6 is 0 Å². The van der Waals surface area contributed by atoms with Crippen LogP contribution in [0.15, 0.2) is 4.99 Å². The van der Waals surface area contributed by atoms with E-state index in [2.05, 4.69) is 25.7 Å². The highest BCUT2D eigenvalue weighted by atomic mass is 16.5. The van der Waals surface area contributed by atoms with E-state index in [1.165, 1.54) is 0 Å². The van der Waals surface area contributed by atoms with Gasteiger partial charge in [-0.05, 0) is 26.9 Å². The summed E-state index contributed by atoms with van der Waals surface area (Å²) in [7, 11) is 5.70. The number of likely N-dealkylation sites (N-methyl/N-ethyl adjacent to an activating group) is 1. The smallest absolute Gasteiger partial charge is 0.146 e. The summed E-state index contributed by atoms with van der Waals surface area (Å²) in [6, 6.07) is 0.209. The van der Waals surface area contributed by atoms with Crippen molar-refractivity contribution in [3.63, 3.8) is 0 Å². The Bertz CT molecular complexity index is 333. The molecule has 0 fully saturated rings. The zero-order chi connectivity index (χ0) is 15.9. The molecule has 0 saturated heterocycles. The first kappa shape index (κ1) is 19.3. The normalized spacial score (nSPS) is 15.0. The first-order valence-electron chi connectivity index (χ1n) is 7.33. The van der Waals surface area contributed by atoms with Gasteiger partial charge in [0.2, 0.25) is 0 Å². The van der Waals surface area contributed by atoms with Crippen molar-refractivity contribution in [3.8, 4) is 0 Å². The van der Waals surface area contributed by atoms with Crippen LogP contribution in [0.4, 0.5) is 0 Å². The summed E-state index contributed by atoms with van der Waals surface area (Å²) in [6.07, 6.45) is 0.422. The molecule has 0 aliphatic carbocycles. The van der Waals surface area contributed by atoms with E-state index >= 15 is 0 Å². The molecule has 0 aromatic carbocycles. The zero-order valence-corrected chi connectivity index (χ0v) is 14.5. The van der Waals surface area contributed by atoms with Gasteiger partial charge in [-0.3, -0.25) is 9.79 Å². The third-order valence-electron chi connectivity index (χ3n) is 3.28. The Morgan fingerprint density at radius 1 is 1.25 bits per heavy atom. The van der Waals surface area contributed by atoms with Gasteiger partial charge in [-0.15, -0.1) is 0 Å². The van der Waals surface area contributed by atoms with Gasteiger partial charge in [-0.25, -0.2) is 0 Å². The Kier molecular flexibility index (Phi) is 8.21. The van der Waals surface area contributed by atoms with Gasteiger partial charge in [0.1, 0.15) is 5.78 Å². The lowest BCUT2D eigenvalue weighted by molar-refractivity contribution is -0.128. The van der Waals surface area contributed by atoms with Crippen molar-refractivity contribution in [2.75, 3.05) is 34.4 Å². The van der Waals surface area contributed by atoms with Crippen molar-refractivity contribution in [3.05, 3.63) is 0 Å². The Morgan fingerprint density at radius 2 is 1.80 bits per heavy atom. The van der Waals surface area contributed by atoms with Crippen LogP contribution < -0.4 is 0 Å². The van der Waals surface area contributed by atoms with Gasteiger partial charge < -0.3 is 9.64 Å². The quantitative estimate of drug-likeness (QED) is 0.611. The van der Waals surface area contributed by atoms with Gasteiger partial charge in [-0.2, -0.15) is 0 Å². The topological polar surface area (TPSA) is 41.9 Å². The molecule has 0 saturated carbocycles. The molecule has 4 heteroatoms. The number of Topliss-reactive ketones (excluding diaryl/α,β-unsaturated/α-hetero) is 1. The number of hydrogen-bond acceptors (Lipinski definition) is 4. The highest BCUT2D eigenvalue weighted by Crippen LogP contribution is 2.20. The largest absolute Gasteiger partial charge is 0.384 e. The molecule has 1 atom stereocenters. The second kappa shape index (κ2) is 8.53. The van der Waals surface area contributed by atoms with E-state index in [-0.39, 0.29) is 11.8 Å². The molecule has 0 amide bonds. The molecule has 0 radical (unpaired) electrons. The minimum Gasteiger partial charge on any atom is -0.384 e. The average Bonchev–Trinajstić information content (AvgIpc) is 2.26. The molecule has 0 spiro atoms. The van der Waals surface area contributed by atoms with Crippen LogP contribution in [0.3, 0.4) is 0 Å². The van der Waals surface area contributed by atoms with Crippen LogP contribution in [0.1, 0.15) is 41.0 Å². The maximum Gasteiger partial charge on any atom is 0.146 e. The van der Waals surface area contributed by atoms with E-state index in [4.69, 9.17) is 9.73 Å². The summed E-state index contributed by atoms with van der Waals surface area (Å²) in [5.74, 6) is 0.491. The number of carbonyl (C=O) groups excluding carboxylic acids is 1. The lowest BCUT2D eigenvalue weighted by atomic mass is 9.84. The van der Waals surface area contributed by atoms with Crippen molar-refractivity contribution < 1.29 is 9.53 Å². The summed E-state index contributed by atoms with van der Waals surface area (Å²) in [6.45, 7) is 11.5. The molecule has 0 aromatic rings. The highest BCUT2D eigenvalue weighted by molar-refractivity contribution is 6.04. The third-order valence-corrected chi connectivity index (χ3v) is 3.28. The van der Waals surface area contributed by atoms with Gasteiger partial charge in [0.15, 0.2) is 0 Å². The standard InChI is InChI=1S/C16H32N2O2/c1-12(2)14(17-13(3)10-18(6)7)9-15(19)16(4,5)11-20-8/h12-13H,9-11H2,1-8H3. The lowest BCUT2D eigenvalue weighted by Gasteiger charge is -2.24. The van der Waals surface area contributed by atoms with Crippen LogP contribution in [0.25, 0.3) is 0 Å². The fourth-order valence-corrected chi connectivity index (χ4v) is 2.10. The summed E-state index contributed by atoms with van der Waals surface area (Å²) in [4.78, 5) is 19.3. The van der Waals surface area contributed by atoms with Crippen molar-refractivity contribution in [2.45, 2.75) is 47.1 Å². The first-order chi connectivity index (χ1) is 9.10. The van der Waals surface area contributed by atoms with Gasteiger partial charge in [0, 0.05) is 31.2 Å². The van der Waals surface area contributed by atoms with Gasteiger partial charge in [0.05, 0.1) is 12.6 Å². The predicted octanol–water partition coefficient (Wildman–Crippen LogP) is 2.67. The monoisotopic (exact) mass is 284 g/mol. The Balaban J connectivity index is 4.87. The molecule has 118 valence electrons. The summed E-state index contributed by atoms with van der Waals surface area (Å²) < 4.78 is 5.14. The van der Waals surface area contributed by atoms with Crippen molar-refractivity contribution in [2.24, 2.45) is 16.3 Å². The van der Waals surface area contributed by atoms with E-state index in [1.807, 2.05) is 27.9 Å². The second-order valence-corrected chi connectivity index (χ2v) is 6.80. The van der Waals surface area contributed by atoms with Crippen LogP contribution in [-0.4, -0.2) is 56.8 Å². The number of methoxy groups -OCH3 is 1. The van der Waals surface area contributed by atoms with Crippen molar-refractivity contribution >= 4 is 11.5 Å². The fraction of sp³-hybridized carbons (Fsp3) is 0.875. The molecule has 0 rings (SSSR count). The van der Waals surface area contributed by atoms with E-state index in [0.29, 0.717) is 18.9 Å². The number of rotatable bonds is 9. The number of aliphatic imine (C=N–C) groups is 1. The number of carbonyl (C=O) groups is 1. The molecular weight excluding hydrogens is 252 g/mol. The molecule has 4 nitrogen and oxygen atoms in total. The maximum absolute atomic E-state index is 12.4. The fourth-order valence-electron chi connectivity index (χ4n) is 2.10. The van der Waals surface area contributed by atoms with Crippen LogP contribution in [0.5, 0.6) is 0 Å². The first-order valence-corrected chi connectivity index (χ1v) is 7.33. The van der Waals surface area contributed by atoms with Gasteiger partial charge in [-0.1, -0.05) is 27.7 Å². The summed E-state index contributed by atoms with van der Waals surface area (Å²) in [5.41, 5.74) is 0.545. The van der Waals surface area contributed by atoms with E-state index in [9.17, 15) is 4.79 Å². The Morgan fingerprint density at radius 3 is 2.20 bits per heavy atom. The minimum absolute atomic E-state index is 0.198. The minimum atomic E-state index is -0.449. The Hall–Kier alpha value is -0.740. The molecule has 0 N–H and O–H groups in total. The average molecular weight is 284 g/mol. The molecule has 1 unspecified atom stereocenters. The molecule has 0 bridgehead atoms. The number of hydrogen-bond donors (Lipinski definition) is 0. The number of ether oxygens (including phenoxy) is 1. The van der Waals surface area contributed by atoms with Crippen LogP contribution in [0.2, 0.25) is 0 Å². The second-order valence-electron chi connectivity index (χ2n) is 6.80. The van der Waals surface area contributed by atoms with Crippen molar-refractivity contribution in [1.29, 1.82) is 0 Å². The SMILES string of the molecule is COCC(C)(C)C(=O)CC(=NC(C)CN(C)C)C(C)C. The summed E-state index contributed by atoms with van der Waals surface area (Å²) in [5, 5.41) is 0. The van der Waals surface area contributed by atoms with Gasteiger partial charge in [0.25, 0.3) is 0 Å². The molecule has 0 aromatic heterocycles. The highest BCUT2D eigenvalue weighted by Gasteiger charge is 2.29. The summed E-state index contributed by atoms with van der Waals surface area (Å²) >= 11 is 0. The predicted molar refractivity (Wildman–Crippen MR) is 85.6 cm³/mol. The van der Waals surface area contributed by atoms with E-state index < -0.39 is 5.41 Å². The number of ketones is 1. The molecule has 20 heavy (non-hydrogen) atoms. The Labute approximate surface area is 124 Å². The molecule has 0 aliphatic heterocycles. The maximum atomic E-state index is 12.4. The number of nitrogens with zero attached hydrogens (tertiary/aromatic N) is 2.